The molecule has 27 heavy (non-hydrogen) atoms. The van der Waals surface area contributed by atoms with Crippen LogP contribution in [-0.4, -0.2) is 21.9 Å². The zero-order valence-corrected chi connectivity index (χ0v) is 16.8. The van der Waals surface area contributed by atoms with Gasteiger partial charge in [-0.3, -0.25) is 9.79 Å². The van der Waals surface area contributed by atoms with Crippen LogP contribution < -0.4 is 11.1 Å². The molecule has 0 unspecified atom stereocenters. The van der Waals surface area contributed by atoms with Gasteiger partial charge in [-0.2, -0.15) is 0 Å². The third kappa shape index (κ3) is 5.15. The number of aliphatic imine (C=N–C) groups is 1. The minimum atomic E-state index is -0.859. The third-order valence-electron chi connectivity index (χ3n) is 3.94. The molecule has 144 valence electrons. The van der Waals surface area contributed by atoms with E-state index in [-0.39, 0.29) is 16.5 Å². The quantitative estimate of drug-likeness (QED) is 0.431. The average Bonchev–Trinajstić information content (AvgIpc) is 2.55. The molecule has 2 rings (SSSR count). The highest BCUT2D eigenvalue weighted by Gasteiger charge is 2.40. The van der Waals surface area contributed by atoms with E-state index in [4.69, 9.17) is 28.6 Å². The number of benzene rings is 1. The minimum Gasteiger partial charge on any atom is -0.477 e. The molecule has 1 aromatic carbocycles. The Morgan fingerprint density at radius 1 is 1.56 bits per heavy atom. The predicted molar refractivity (Wildman–Crippen MR) is 108 cm³/mol. The number of alkyl halides is 1. The lowest BCUT2D eigenvalue weighted by Crippen LogP contribution is -2.38. The number of hydrogen-bond acceptors (Lipinski definition) is 5. The monoisotopic (exact) mass is 411 g/mol. The summed E-state index contributed by atoms with van der Waals surface area (Å²) in [5, 5.41) is 3.00. The normalized spacial score (nSPS) is 21.8. The van der Waals surface area contributed by atoms with Gasteiger partial charge in [-0.05, 0) is 36.4 Å². The van der Waals surface area contributed by atoms with Crippen LogP contribution in [0, 0.1) is 12.4 Å². The second kappa shape index (κ2) is 8.19. The average molecular weight is 412 g/mol. The number of carbonyl (C=O) groups excluding carboxylic acids is 1. The van der Waals surface area contributed by atoms with E-state index in [9.17, 15) is 9.18 Å². The van der Waals surface area contributed by atoms with E-state index < -0.39 is 17.3 Å². The molecule has 1 aromatic rings. The Kier molecular flexibility index (Phi) is 6.39. The first-order valence-electron chi connectivity index (χ1n) is 8.04. The molecule has 1 heterocycles. The Morgan fingerprint density at radius 3 is 2.85 bits per heavy atom. The number of ether oxygens (including phenoxy) is 1. The topological polar surface area (TPSA) is 81.1 Å². The Bertz CT molecular complexity index is 850. The van der Waals surface area contributed by atoms with E-state index >= 15 is 0 Å². The Labute approximate surface area is 166 Å². The predicted octanol–water partition coefficient (Wildman–Crippen LogP) is 4.23. The van der Waals surface area contributed by atoms with Crippen molar-refractivity contribution in [1.29, 1.82) is 0 Å². The van der Waals surface area contributed by atoms with Crippen molar-refractivity contribution in [1.82, 2.24) is 0 Å². The summed E-state index contributed by atoms with van der Waals surface area (Å²) in [7, 11) is 0. The van der Waals surface area contributed by atoms with E-state index in [0.717, 1.165) is 6.26 Å². The summed E-state index contributed by atoms with van der Waals surface area (Å²) < 4.78 is 19.2. The lowest BCUT2D eigenvalue weighted by molar-refractivity contribution is -0.112. The fourth-order valence-corrected chi connectivity index (χ4v) is 4.30. The van der Waals surface area contributed by atoms with Crippen LogP contribution in [0.1, 0.15) is 32.8 Å². The molecule has 1 aliphatic rings. The Morgan fingerprint density at radius 2 is 2.26 bits per heavy atom. The number of hydrogen-bond donors (Lipinski definition) is 2. The van der Waals surface area contributed by atoms with Gasteiger partial charge in [0, 0.05) is 16.0 Å². The van der Waals surface area contributed by atoms with Crippen LogP contribution in [0.15, 0.2) is 35.2 Å². The molecule has 0 fully saturated rings. The van der Waals surface area contributed by atoms with Crippen molar-refractivity contribution in [2.75, 3.05) is 11.4 Å². The highest BCUT2D eigenvalue weighted by atomic mass is 35.5. The number of nitrogens with one attached hydrogen (secondary N) is 1. The van der Waals surface area contributed by atoms with Gasteiger partial charge in [-0.15, -0.1) is 0 Å². The third-order valence-corrected chi connectivity index (χ3v) is 5.07. The van der Waals surface area contributed by atoms with Crippen molar-refractivity contribution in [3.63, 3.8) is 0 Å². The van der Waals surface area contributed by atoms with Crippen molar-refractivity contribution >= 4 is 40.1 Å². The number of thioether (sulfide) groups is 1. The van der Waals surface area contributed by atoms with E-state index in [2.05, 4.69) is 15.2 Å². The molecule has 0 spiro atoms. The van der Waals surface area contributed by atoms with Crippen LogP contribution in [0.5, 0.6) is 0 Å². The van der Waals surface area contributed by atoms with E-state index in [1.165, 1.54) is 30.0 Å². The van der Waals surface area contributed by atoms with Gasteiger partial charge in [0.2, 0.25) is 0 Å². The maximum absolute atomic E-state index is 14.6. The molecular weight excluding hydrogens is 391 g/mol. The number of rotatable bonds is 5. The molecule has 1 atom stereocenters. The second-order valence-electron chi connectivity index (χ2n) is 6.82. The fraction of sp³-hybridized carbons (Fsp3) is 0.389. The summed E-state index contributed by atoms with van der Waals surface area (Å²) in [5.41, 5.74) is 5.64. The van der Waals surface area contributed by atoms with Crippen molar-refractivity contribution in [3.8, 4) is 6.57 Å². The van der Waals surface area contributed by atoms with Crippen LogP contribution in [0.25, 0.3) is 4.85 Å². The molecule has 3 N–H and O–H groups in total. The van der Waals surface area contributed by atoms with Crippen LogP contribution in [0.4, 0.5) is 10.1 Å². The van der Waals surface area contributed by atoms with E-state index in [0.29, 0.717) is 22.8 Å². The van der Waals surface area contributed by atoms with Crippen LogP contribution in [0.3, 0.4) is 0 Å². The molecule has 9 heteroatoms. The maximum atomic E-state index is 14.6. The van der Waals surface area contributed by atoms with Crippen molar-refractivity contribution < 1.29 is 13.9 Å². The van der Waals surface area contributed by atoms with Gasteiger partial charge < -0.3 is 15.8 Å². The zero-order chi connectivity index (χ0) is 20.2. The minimum absolute atomic E-state index is 0.154. The molecule has 1 aliphatic heterocycles. The SMILES string of the molecule is C#[N+]/C(=C\OCCl)C(=O)Nc1ccc(F)c([C@]2(C)CC(C)(C)SC(N)=N2)c1. The van der Waals surface area contributed by atoms with Crippen molar-refractivity contribution in [2.24, 2.45) is 10.7 Å². The maximum Gasteiger partial charge on any atom is 0.437 e. The molecule has 0 radical (unpaired) electrons. The number of carbonyl (C=O) groups is 1. The molecule has 1 amide bonds. The smallest absolute Gasteiger partial charge is 0.437 e. The largest absolute Gasteiger partial charge is 0.477 e. The van der Waals surface area contributed by atoms with Gasteiger partial charge >= 0.3 is 11.6 Å². The first kappa shape index (κ1) is 21.1. The number of amidine groups is 1. The molecule has 0 saturated carbocycles. The number of amides is 1. The molecule has 0 aromatic heterocycles. The Balaban J connectivity index is 2.36. The van der Waals surface area contributed by atoms with Gasteiger partial charge in [0.25, 0.3) is 6.57 Å². The summed E-state index contributed by atoms with van der Waals surface area (Å²) in [6.45, 7) is 11.1. The van der Waals surface area contributed by atoms with Gasteiger partial charge in [0.05, 0.1) is 5.54 Å². The molecule has 0 saturated heterocycles. The second-order valence-corrected chi connectivity index (χ2v) is 8.76. The van der Waals surface area contributed by atoms with Crippen molar-refractivity contribution in [3.05, 3.63) is 46.4 Å². The van der Waals surface area contributed by atoms with Crippen molar-refractivity contribution in [2.45, 2.75) is 37.5 Å². The van der Waals surface area contributed by atoms with E-state index in [1.54, 1.807) is 0 Å². The molecular formula is C18H21ClFN4O2S+. The summed E-state index contributed by atoms with van der Waals surface area (Å²) in [4.78, 5) is 20.1. The van der Waals surface area contributed by atoms with Crippen LogP contribution in [-0.2, 0) is 15.1 Å². The first-order valence-corrected chi connectivity index (χ1v) is 9.40. The highest BCUT2D eigenvalue weighted by molar-refractivity contribution is 8.15. The fourth-order valence-electron chi connectivity index (χ4n) is 3.07. The standard InChI is InChI=1S/C18H20ClFN4O2S/c1-17(2)9-18(3,24-16(21)27-17)12-7-11(5-6-13(12)20)23-15(25)14(22-4)8-26-10-19/h4-8H,9-10H2,1-3H3,(H2-,21,23,24,25)/p+1/b14-8-/t18-/m0/s1. The van der Waals surface area contributed by atoms with E-state index in [1.807, 2.05) is 20.8 Å². The molecule has 0 aliphatic carbocycles. The molecule has 6 nitrogen and oxygen atoms in total. The number of nitrogens with zero attached hydrogens (tertiary/aromatic N) is 2. The number of nitrogens with two attached hydrogens (primary N) is 1. The van der Waals surface area contributed by atoms with Crippen LogP contribution >= 0.6 is 23.4 Å². The summed E-state index contributed by atoms with van der Waals surface area (Å²) in [6.07, 6.45) is 1.62. The summed E-state index contributed by atoms with van der Waals surface area (Å²) in [5.74, 6) is -1.05. The highest BCUT2D eigenvalue weighted by Crippen LogP contribution is 2.45. The lowest BCUT2D eigenvalue weighted by Gasteiger charge is -2.39. The summed E-state index contributed by atoms with van der Waals surface area (Å²) >= 11 is 6.85. The zero-order valence-electron chi connectivity index (χ0n) is 15.3. The van der Waals surface area contributed by atoms with Gasteiger partial charge in [0.15, 0.2) is 17.5 Å². The van der Waals surface area contributed by atoms with Gasteiger partial charge in [-0.1, -0.05) is 37.2 Å². The molecule has 0 bridgehead atoms. The lowest BCUT2D eigenvalue weighted by atomic mass is 9.83. The van der Waals surface area contributed by atoms with Gasteiger partial charge in [-0.25, -0.2) is 4.39 Å². The Hall–Kier alpha value is -2.24. The number of anilines is 1. The number of halogens is 2. The first-order chi connectivity index (χ1) is 12.6. The summed E-state index contributed by atoms with van der Waals surface area (Å²) in [6, 6.07) is 4.09. The van der Waals surface area contributed by atoms with Crippen LogP contribution in [0.2, 0.25) is 0 Å². The van der Waals surface area contributed by atoms with Gasteiger partial charge in [0.1, 0.15) is 5.82 Å².